The molecule has 80 valence electrons. The quantitative estimate of drug-likeness (QED) is 0.538. The van der Waals surface area contributed by atoms with Gasteiger partial charge in [-0.15, -0.1) is 0 Å². The summed E-state index contributed by atoms with van der Waals surface area (Å²) in [5.41, 5.74) is 5.51. The Balaban J connectivity index is 0. The van der Waals surface area contributed by atoms with Gasteiger partial charge < -0.3 is 10.8 Å². The number of anilines is 1. The summed E-state index contributed by atoms with van der Waals surface area (Å²) in [7, 11) is 1.00. The Labute approximate surface area is 83.4 Å². The molecule has 0 saturated carbocycles. The minimum absolute atomic E-state index is 0.0607. The molecule has 4 heteroatoms. The van der Waals surface area contributed by atoms with E-state index in [9.17, 15) is 9.18 Å². The van der Waals surface area contributed by atoms with E-state index in [1.807, 2.05) is 13.8 Å². The van der Waals surface area contributed by atoms with E-state index in [1.165, 1.54) is 12.1 Å². The first-order valence-corrected chi connectivity index (χ1v) is 4.19. The summed E-state index contributed by atoms with van der Waals surface area (Å²) < 4.78 is 12.5. The number of hydrogen-bond acceptors (Lipinski definition) is 3. The lowest BCUT2D eigenvalue weighted by Crippen LogP contribution is -1.91. The van der Waals surface area contributed by atoms with Gasteiger partial charge in [0.2, 0.25) is 0 Å². The second-order valence-electron chi connectivity index (χ2n) is 1.90. The van der Waals surface area contributed by atoms with Crippen molar-refractivity contribution >= 4 is 12.0 Å². The first-order chi connectivity index (χ1) is 6.74. The largest absolute Gasteiger partial charge is 0.400 e. The molecule has 0 heterocycles. The zero-order chi connectivity index (χ0) is 11.6. The lowest BCUT2D eigenvalue weighted by Gasteiger charge is -1.94. The van der Waals surface area contributed by atoms with E-state index in [2.05, 4.69) is 0 Å². The second kappa shape index (κ2) is 9.67. The SMILES string of the molecule is CC.CO.Nc1ccc(C=O)cc1F. The minimum atomic E-state index is -0.551. The molecule has 0 atom stereocenters. The molecule has 0 aliphatic rings. The van der Waals surface area contributed by atoms with Crippen LogP contribution in [0.3, 0.4) is 0 Å². The predicted molar refractivity (Wildman–Crippen MR) is 55.7 cm³/mol. The number of hydrogen-bond donors (Lipinski definition) is 2. The molecular formula is C10H16FNO2. The number of aliphatic hydroxyl groups is 1. The Bertz CT molecular complexity index is 264. The average Bonchev–Trinajstić information content (AvgIpc) is 2.28. The normalized spacial score (nSPS) is 7.50. The number of nitrogen functional groups attached to an aromatic ring is 1. The molecule has 0 amide bonds. The standard InChI is InChI=1S/C7H6FNO.C2H6.CH4O/c8-6-3-5(4-10)1-2-7(6)9;2*1-2/h1-4H,9H2;1-2H3;2H,1H3. The number of nitrogens with two attached hydrogens (primary N) is 1. The van der Waals surface area contributed by atoms with Crippen LogP contribution in [0.25, 0.3) is 0 Å². The maximum atomic E-state index is 12.5. The van der Waals surface area contributed by atoms with Gasteiger partial charge in [-0.25, -0.2) is 4.39 Å². The first kappa shape index (κ1) is 15.1. The molecule has 0 aliphatic carbocycles. The highest BCUT2D eigenvalue weighted by molar-refractivity contribution is 5.75. The van der Waals surface area contributed by atoms with Crippen LogP contribution in [0.5, 0.6) is 0 Å². The minimum Gasteiger partial charge on any atom is -0.400 e. The number of carbonyl (C=O) groups is 1. The van der Waals surface area contributed by atoms with E-state index in [0.717, 1.165) is 13.2 Å². The zero-order valence-corrected chi connectivity index (χ0v) is 8.62. The van der Waals surface area contributed by atoms with Crippen LogP contribution in [0.1, 0.15) is 24.2 Å². The van der Waals surface area contributed by atoms with Crippen molar-refractivity contribution in [3.05, 3.63) is 29.6 Å². The number of aldehydes is 1. The fourth-order valence-corrected chi connectivity index (χ4v) is 0.617. The van der Waals surface area contributed by atoms with Gasteiger partial charge in [-0.2, -0.15) is 0 Å². The van der Waals surface area contributed by atoms with Crippen molar-refractivity contribution in [1.29, 1.82) is 0 Å². The van der Waals surface area contributed by atoms with E-state index in [0.29, 0.717) is 11.8 Å². The molecule has 3 N–H and O–H groups in total. The number of aliphatic hydroxyl groups excluding tert-OH is 1. The van der Waals surface area contributed by atoms with Gasteiger partial charge in [-0.05, 0) is 18.2 Å². The summed E-state index contributed by atoms with van der Waals surface area (Å²) in [5.74, 6) is -0.551. The molecule has 1 rings (SSSR count). The van der Waals surface area contributed by atoms with E-state index in [4.69, 9.17) is 10.8 Å². The van der Waals surface area contributed by atoms with Crippen LogP contribution in [0.2, 0.25) is 0 Å². The molecule has 0 spiro atoms. The van der Waals surface area contributed by atoms with Crippen molar-refractivity contribution in [2.24, 2.45) is 0 Å². The van der Waals surface area contributed by atoms with Crippen molar-refractivity contribution in [3.63, 3.8) is 0 Å². The molecule has 0 saturated heterocycles. The molecule has 1 aromatic rings. The smallest absolute Gasteiger partial charge is 0.150 e. The van der Waals surface area contributed by atoms with Crippen LogP contribution in [0, 0.1) is 5.82 Å². The van der Waals surface area contributed by atoms with Crippen molar-refractivity contribution in [2.45, 2.75) is 13.8 Å². The summed E-state index contributed by atoms with van der Waals surface area (Å²) in [4.78, 5) is 10.1. The maximum absolute atomic E-state index is 12.5. The van der Waals surface area contributed by atoms with E-state index in [-0.39, 0.29) is 5.69 Å². The van der Waals surface area contributed by atoms with Gasteiger partial charge in [0.25, 0.3) is 0 Å². The van der Waals surface area contributed by atoms with Crippen LogP contribution in [-0.4, -0.2) is 18.5 Å². The molecule has 0 aliphatic heterocycles. The highest BCUT2D eigenvalue weighted by Gasteiger charge is 1.96. The van der Waals surface area contributed by atoms with Crippen LogP contribution < -0.4 is 5.73 Å². The van der Waals surface area contributed by atoms with E-state index >= 15 is 0 Å². The molecule has 3 nitrogen and oxygen atoms in total. The fourth-order valence-electron chi connectivity index (χ4n) is 0.617. The topological polar surface area (TPSA) is 63.3 Å². The summed E-state index contributed by atoms with van der Waals surface area (Å²) >= 11 is 0. The molecule has 1 aromatic carbocycles. The Kier molecular flexibility index (Phi) is 10.4. The average molecular weight is 201 g/mol. The maximum Gasteiger partial charge on any atom is 0.150 e. The second-order valence-corrected chi connectivity index (χ2v) is 1.90. The van der Waals surface area contributed by atoms with Crippen LogP contribution in [0.4, 0.5) is 10.1 Å². The van der Waals surface area contributed by atoms with Crippen LogP contribution in [-0.2, 0) is 0 Å². The van der Waals surface area contributed by atoms with Gasteiger partial charge in [-0.3, -0.25) is 4.79 Å². The molecule has 0 aromatic heterocycles. The zero-order valence-electron chi connectivity index (χ0n) is 8.62. The Morgan fingerprint density at radius 2 is 1.86 bits per heavy atom. The Morgan fingerprint density at radius 3 is 2.21 bits per heavy atom. The van der Waals surface area contributed by atoms with E-state index in [1.54, 1.807) is 0 Å². The number of benzene rings is 1. The van der Waals surface area contributed by atoms with Gasteiger partial charge in [-0.1, -0.05) is 13.8 Å². The molecule has 0 fully saturated rings. The first-order valence-electron chi connectivity index (χ1n) is 4.19. The molecule has 0 unspecified atom stereocenters. The van der Waals surface area contributed by atoms with Crippen LogP contribution >= 0.6 is 0 Å². The van der Waals surface area contributed by atoms with E-state index < -0.39 is 5.82 Å². The third-order valence-corrected chi connectivity index (χ3v) is 1.16. The lowest BCUT2D eigenvalue weighted by atomic mass is 10.2. The van der Waals surface area contributed by atoms with Gasteiger partial charge in [0.15, 0.2) is 0 Å². The van der Waals surface area contributed by atoms with Gasteiger partial charge >= 0.3 is 0 Å². The summed E-state index contributed by atoms with van der Waals surface area (Å²) in [6.45, 7) is 4.00. The van der Waals surface area contributed by atoms with Crippen molar-refractivity contribution < 1.29 is 14.3 Å². The molecule has 14 heavy (non-hydrogen) atoms. The summed E-state index contributed by atoms with van der Waals surface area (Å²) in [5, 5.41) is 7.00. The number of carbonyl (C=O) groups excluding carboxylic acids is 1. The lowest BCUT2D eigenvalue weighted by molar-refractivity contribution is 0.112. The molecule has 0 bridgehead atoms. The highest BCUT2D eigenvalue weighted by atomic mass is 19.1. The van der Waals surface area contributed by atoms with Crippen molar-refractivity contribution in [1.82, 2.24) is 0 Å². The molecule has 0 radical (unpaired) electrons. The van der Waals surface area contributed by atoms with Gasteiger partial charge in [0, 0.05) is 12.7 Å². The third-order valence-electron chi connectivity index (χ3n) is 1.16. The number of rotatable bonds is 1. The summed E-state index contributed by atoms with van der Waals surface area (Å²) in [6.07, 6.45) is 0.572. The molecular weight excluding hydrogens is 185 g/mol. The highest BCUT2D eigenvalue weighted by Crippen LogP contribution is 2.09. The Hall–Kier alpha value is -1.42. The number of halogens is 1. The van der Waals surface area contributed by atoms with Crippen molar-refractivity contribution in [2.75, 3.05) is 12.8 Å². The fraction of sp³-hybridized carbons (Fsp3) is 0.300. The predicted octanol–water partition coefficient (Wildman–Crippen LogP) is 1.86. The Morgan fingerprint density at radius 1 is 1.36 bits per heavy atom. The van der Waals surface area contributed by atoms with Crippen LogP contribution in [0.15, 0.2) is 18.2 Å². The van der Waals surface area contributed by atoms with Gasteiger partial charge in [0.05, 0.1) is 5.69 Å². The monoisotopic (exact) mass is 201 g/mol. The summed E-state index contributed by atoms with van der Waals surface area (Å²) in [6, 6.07) is 3.92. The van der Waals surface area contributed by atoms with Crippen molar-refractivity contribution in [3.8, 4) is 0 Å². The third kappa shape index (κ3) is 5.27. The van der Waals surface area contributed by atoms with Gasteiger partial charge in [0.1, 0.15) is 12.1 Å².